The molecular weight excluding hydrogens is 370 g/mol. The molecule has 1 N–H and O–H groups in total. The van der Waals surface area contributed by atoms with Crippen LogP contribution in [0, 0.1) is 0 Å². The predicted molar refractivity (Wildman–Crippen MR) is 109 cm³/mol. The third-order valence-electron chi connectivity index (χ3n) is 5.81. The SMILES string of the molecule is COc1ccc(C(=O)N2CCc3cc(OC)c(OC4CCCC4)cc3C2)cc1O. The summed E-state index contributed by atoms with van der Waals surface area (Å²) in [7, 11) is 3.15. The maximum atomic E-state index is 13.0. The van der Waals surface area contributed by atoms with Gasteiger partial charge in [0.2, 0.25) is 0 Å². The summed E-state index contributed by atoms with van der Waals surface area (Å²) in [5, 5.41) is 10.0. The number of methoxy groups -OCH3 is 2. The lowest BCUT2D eigenvalue weighted by Gasteiger charge is -2.30. The van der Waals surface area contributed by atoms with E-state index in [0.717, 1.165) is 36.3 Å². The first kappa shape index (κ1) is 19.4. The second kappa shape index (κ2) is 8.23. The van der Waals surface area contributed by atoms with Crippen molar-refractivity contribution in [3.8, 4) is 23.0 Å². The topological polar surface area (TPSA) is 68.2 Å². The van der Waals surface area contributed by atoms with Gasteiger partial charge in [-0.1, -0.05) is 0 Å². The highest BCUT2D eigenvalue weighted by atomic mass is 16.5. The number of phenols is 1. The molecule has 0 aromatic heterocycles. The van der Waals surface area contributed by atoms with E-state index in [4.69, 9.17) is 14.2 Å². The quantitative estimate of drug-likeness (QED) is 0.828. The first-order valence-corrected chi connectivity index (χ1v) is 10.1. The van der Waals surface area contributed by atoms with Crippen LogP contribution in [0.25, 0.3) is 0 Å². The van der Waals surface area contributed by atoms with E-state index in [0.29, 0.717) is 24.4 Å². The van der Waals surface area contributed by atoms with Gasteiger partial charge in [0, 0.05) is 18.7 Å². The number of fused-ring (bicyclic) bond motifs is 1. The van der Waals surface area contributed by atoms with Crippen molar-refractivity contribution >= 4 is 5.91 Å². The first-order chi connectivity index (χ1) is 14.1. The highest BCUT2D eigenvalue weighted by molar-refractivity contribution is 5.95. The van der Waals surface area contributed by atoms with Crippen LogP contribution in [0.5, 0.6) is 23.0 Å². The zero-order valence-electron chi connectivity index (χ0n) is 16.9. The van der Waals surface area contributed by atoms with Gasteiger partial charge in [-0.25, -0.2) is 0 Å². The lowest BCUT2D eigenvalue weighted by Crippen LogP contribution is -2.36. The van der Waals surface area contributed by atoms with Crippen molar-refractivity contribution in [3.63, 3.8) is 0 Å². The minimum atomic E-state index is -0.109. The average molecular weight is 397 g/mol. The van der Waals surface area contributed by atoms with Crippen LogP contribution in [0.2, 0.25) is 0 Å². The molecule has 1 fully saturated rings. The van der Waals surface area contributed by atoms with Crippen LogP contribution in [0.15, 0.2) is 30.3 Å². The van der Waals surface area contributed by atoms with Crippen LogP contribution in [-0.4, -0.2) is 42.8 Å². The Morgan fingerprint density at radius 3 is 2.41 bits per heavy atom. The van der Waals surface area contributed by atoms with Crippen molar-refractivity contribution in [2.45, 2.75) is 44.8 Å². The third-order valence-corrected chi connectivity index (χ3v) is 5.81. The van der Waals surface area contributed by atoms with Gasteiger partial charge < -0.3 is 24.2 Å². The van der Waals surface area contributed by atoms with E-state index >= 15 is 0 Å². The van der Waals surface area contributed by atoms with Crippen LogP contribution in [0.3, 0.4) is 0 Å². The van der Waals surface area contributed by atoms with Gasteiger partial charge in [-0.15, -0.1) is 0 Å². The lowest BCUT2D eigenvalue weighted by atomic mass is 9.98. The molecule has 1 heterocycles. The summed E-state index contributed by atoms with van der Waals surface area (Å²) in [6.45, 7) is 1.12. The number of hydrogen-bond acceptors (Lipinski definition) is 5. The number of aromatic hydroxyl groups is 1. The highest BCUT2D eigenvalue weighted by Gasteiger charge is 2.26. The van der Waals surface area contributed by atoms with Crippen LogP contribution in [0.1, 0.15) is 47.2 Å². The number of hydrogen-bond donors (Lipinski definition) is 1. The zero-order chi connectivity index (χ0) is 20.4. The molecule has 2 aliphatic rings. The van der Waals surface area contributed by atoms with Crippen molar-refractivity contribution in [1.82, 2.24) is 4.90 Å². The van der Waals surface area contributed by atoms with Gasteiger partial charge in [-0.3, -0.25) is 4.79 Å². The Balaban J connectivity index is 1.55. The smallest absolute Gasteiger partial charge is 0.254 e. The summed E-state index contributed by atoms with van der Waals surface area (Å²) in [6, 6.07) is 8.81. The highest BCUT2D eigenvalue weighted by Crippen LogP contribution is 2.36. The Kier molecular flexibility index (Phi) is 5.51. The Hall–Kier alpha value is -2.89. The van der Waals surface area contributed by atoms with Crippen LogP contribution < -0.4 is 14.2 Å². The number of ether oxygens (including phenoxy) is 3. The van der Waals surface area contributed by atoms with E-state index < -0.39 is 0 Å². The van der Waals surface area contributed by atoms with Crippen molar-refractivity contribution in [1.29, 1.82) is 0 Å². The van der Waals surface area contributed by atoms with Crippen LogP contribution in [0.4, 0.5) is 0 Å². The van der Waals surface area contributed by atoms with E-state index in [-0.39, 0.29) is 17.8 Å². The fourth-order valence-electron chi connectivity index (χ4n) is 4.18. The van der Waals surface area contributed by atoms with E-state index in [9.17, 15) is 9.90 Å². The largest absolute Gasteiger partial charge is 0.504 e. The fourth-order valence-corrected chi connectivity index (χ4v) is 4.18. The van der Waals surface area contributed by atoms with Crippen LogP contribution >= 0.6 is 0 Å². The van der Waals surface area contributed by atoms with Crippen LogP contribution in [-0.2, 0) is 13.0 Å². The summed E-state index contributed by atoms with van der Waals surface area (Å²) >= 11 is 0. The van der Waals surface area contributed by atoms with E-state index in [2.05, 4.69) is 0 Å². The maximum absolute atomic E-state index is 13.0. The molecule has 2 aromatic rings. The van der Waals surface area contributed by atoms with Crippen molar-refractivity contribution in [2.75, 3.05) is 20.8 Å². The molecule has 154 valence electrons. The van der Waals surface area contributed by atoms with E-state index in [1.54, 1.807) is 24.1 Å². The van der Waals surface area contributed by atoms with Gasteiger partial charge in [0.25, 0.3) is 5.91 Å². The van der Waals surface area contributed by atoms with E-state index in [1.165, 1.54) is 31.6 Å². The minimum absolute atomic E-state index is 0.0345. The summed E-state index contributed by atoms with van der Waals surface area (Å²) in [5.41, 5.74) is 2.71. The molecule has 1 aliphatic carbocycles. The number of amides is 1. The maximum Gasteiger partial charge on any atom is 0.254 e. The zero-order valence-corrected chi connectivity index (χ0v) is 16.9. The van der Waals surface area contributed by atoms with Gasteiger partial charge in [-0.05, 0) is 73.6 Å². The molecule has 4 rings (SSSR count). The molecule has 0 spiro atoms. The van der Waals surface area contributed by atoms with Crippen molar-refractivity contribution in [3.05, 3.63) is 47.0 Å². The molecule has 6 nitrogen and oxygen atoms in total. The molecule has 6 heteroatoms. The molecule has 1 saturated carbocycles. The summed E-state index contributed by atoms with van der Waals surface area (Å²) in [4.78, 5) is 14.8. The molecule has 0 unspecified atom stereocenters. The molecule has 0 bridgehead atoms. The van der Waals surface area contributed by atoms with Gasteiger partial charge in [-0.2, -0.15) is 0 Å². The Morgan fingerprint density at radius 2 is 1.72 bits per heavy atom. The number of carbonyl (C=O) groups excluding carboxylic acids is 1. The minimum Gasteiger partial charge on any atom is -0.504 e. The molecule has 0 atom stereocenters. The molecule has 1 aliphatic heterocycles. The Morgan fingerprint density at radius 1 is 1.00 bits per heavy atom. The molecule has 1 amide bonds. The second-order valence-electron chi connectivity index (χ2n) is 7.66. The molecule has 0 radical (unpaired) electrons. The third kappa shape index (κ3) is 3.97. The summed E-state index contributed by atoms with van der Waals surface area (Å²) in [6.07, 6.45) is 5.55. The summed E-state index contributed by atoms with van der Waals surface area (Å²) in [5.74, 6) is 1.73. The van der Waals surface area contributed by atoms with Crippen molar-refractivity contribution < 1.29 is 24.1 Å². The normalized spacial score (nSPS) is 16.4. The van der Waals surface area contributed by atoms with Gasteiger partial charge >= 0.3 is 0 Å². The predicted octanol–water partition coefficient (Wildman–Crippen LogP) is 3.93. The van der Waals surface area contributed by atoms with Crippen molar-refractivity contribution in [2.24, 2.45) is 0 Å². The standard InChI is InChI=1S/C23H27NO5/c1-27-20-8-7-16(11-19(20)25)23(26)24-10-9-15-12-21(28-2)22(13-17(15)14-24)29-18-5-3-4-6-18/h7-8,11-13,18,25H,3-6,9-10,14H2,1-2H3. The lowest BCUT2D eigenvalue weighted by molar-refractivity contribution is 0.0733. The number of nitrogens with zero attached hydrogens (tertiary/aromatic N) is 1. The monoisotopic (exact) mass is 397 g/mol. The Bertz CT molecular complexity index is 904. The molecule has 29 heavy (non-hydrogen) atoms. The number of carbonyl (C=O) groups is 1. The molecule has 2 aromatic carbocycles. The number of phenolic OH excluding ortho intramolecular Hbond substituents is 1. The van der Waals surface area contributed by atoms with Gasteiger partial charge in [0.15, 0.2) is 23.0 Å². The summed E-state index contributed by atoms with van der Waals surface area (Å²) < 4.78 is 16.8. The fraction of sp³-hybridized carbons (Fsp3) is 0.435. The Labute approximate surface area is 171 Å². The first-order valence-electron chi connectivity index (χ1n) is 10.1. The second-order valence-corrected chi connectivity index (χ2v) is 7.66. The molecular formula is C23H27NO5. The number of benzene rings is 2. The van der Waals surface area contributed by atoms with E-state index in [1.807, 2.05) is 12.1 Å². The average Bonchev–Trinajstić information content (AvgIpc) is 3.25. The number of rotatable bonds is 5. The van der Waals surface area contributed by atoms with Gasteiger partial charge in [0.1, 0.15) is 0 Å². The van der Waals surface area contributed by atoms with Gasteiger partial charge in [0.05, 0.1) is 20.3 Å². The molecule has 0 saturated heterocycles.